The van der Waals surface area contributed by atoms with E-state index in [0.29, 0.717) is 12.5 Å². The number of benzene rings is 1. The monoisotopic (exact) mass is 285 g/mol. The maximum absolute atomic E-state index is 12.0. The predicted molar refractivity (Wildman–Crippen MR) is 86.0 cm³/mol. The maximum Gasteiger partial charge on any atom is 0.244 e. The molecule has 1 atom stereocenters. The summed E-state index contributed by atoms with van der Waals surface area (Å²) in [6.45, 7) is 6.47. The second-order valence-electron chi connectivity index (χ2n) is 5.80. The summed E-state index contributed by atoms with van der Waals surface area (Å²) in [6.07, 6.45) is 3.84. The molecule has 0 aliphatic carbocycles. The molecule has 1 amide bonds. The molecule has 0 fully saturated rings. The van der Waals surface area contributed by atoms with E-state index in [0.717, 1.165) is 16.8 Å². The quantitative estimate of drug-likeness (QED) is 0.887. The molecule has 0 radical (unpaired) electrons. The third kappa shape index (κ3) is 4.20. The Morgan fingerprint density at radius 3 is 2.76 bits per heavy atom. The van der Waals surface area contributed by atoms with E-state index in [-0.39, 0.29) is 11.9 Å². The number of anilines is 1. The van der Waals surface area contributed by atoms with Crippen LogP contribution in [0.5, 0.6) is 0 Å². The molecular weight excluding hydrogens is 262 g/mol. The van der Waals surface area contributed by atoms with Crippen LogP contribution in [0.2, 0.25) is 0 Å². The van der Waals surface area contributed by atoms with E-state index in [4.69, 9.17) is 5.73 Å². The Bertz CT molecular complexity index is 616. The van der Waals surface area contributed by atoms with Gasteiger partial charge in [-0.1, -0.05) is 26.0 Å². The van der Waals surface area contributed by atoms with Crippen molar-refractivity contribution in [3.63, 3.8) is 0 Å². The first-order valence-corrected chi connectivity index (χ1v) is 7.23. The number of amides is 1. The molecule has 0 aliphatic rings. The van der Waals surface area contributed by atoms with Crippen LogP contribution < -0.4 is 11.1 Å². The molecule has 0 saturated heterocycles. The summed E-state index contributed by atoms with van der Waals surface area (Å²) in [5, 5.41) is 2.90. The van der Waals surface area contributed by atoms with Gasteiger partial charge in [-0.3, -0.25) is 4.79 Å². The molecule has 21 heavy (non-hydrogen) atoms. The number of hydrogen-bond acceptors (Lipinski definition) is 2. The van der Waals surface area contributed by atoms with Crippen LogP contribution in [-0.4, -0.2) is 10.5 Å². The largest absolute Gasteiger partial charge is 0.345 e. The zero-order valence-corrected chi connectivity index (χ0v) is 12.8. The van der Waals surface area contributed by atoms with Gasteiger partial charge in [-0.25, -0.2) is 0 Å². The molecule has 3 N–H and O–H groups in total. The number of carbonyl (C=O) groups excluding carboxylic acids is 1. The van der Waals surface area contributed by atoms with Crippen LogP contribution in [0.1, 0.15) is 31.0 Å². The van der Waals surface area contributed by atoms with Crippen LogP contribution in [0.25, 0.3) is 0 Å². The maximum atomic E-state index is 12.0. The Hall–Kier alpha value is -2.07. The van der Waals surface area contributed by atoms with Gasteiger partial charge in [-0.05, 0) is 42.2 Å². The molecule has 112 valence electrons. The second kappa shape index (κ2) is 6.59. The summed E-state index contributed by atoms with van der Waals surface area (Å²) in [5.41, 5.74) is 9.12. The van der Waals surface area contributed by atoms with Gasteiger partial charge in [-0.2, -0.15) is 0 Å². The highest BCUT2D eigenvalue weighted by Gasteiger charge is 2.12. The van der Waals surface area contributed by atoms with Crippen LogP contribution in [0.15, 0.2) is 42.7 Å². The highest BCUT2D eigenvalue weighted by atomic mass is 16.1. The van der Waals surface area contributed by atoms with E-state index in [1.54, 1.807) is 0 Å². The van der Waals surface area contributed by atoms with Crippen molar-refractivity contribution in [1.29, 1.82) is 0 Å². The van der Waals surface area contributed by atoms with Crippen molar-refractivity contribution < 1.29 is 4.79 Å². The third-order valence-electron chi connectivity index (χ3n) is 3.50. The highest BCUT2D eigenvalue weighted by molar-refractivity contribution is 5.90. The lowest BCUT2D eigenvalue weighted by molar-refractivity contribution is -0.116. The Morgan fingerprint density at radius 1 is 1.33 bits per heavy atom. The summed E-state index contributed by atoms with van der Waals surface area (Å²) in [4.78, 5) is 12.0. The Morgan fingerprint density at radius 2 is 2.10 bits per heavy atom. The average molecular weight is 285 g/mol. The van der Waals surface area contributed by atoms with Crippen molar-refractivity contribution in [2.45, 2.75) is 33.4 Å². The van der Waals surface area contributed by atoms with Gasteiger partial charge in [0.05, 0.1) is 0 Å². The molecule has 1 unspecified atom stereocenters. The van der Waals surface area contributed by atoms with Crippen molar-refractivity contribution in [1.82, 2.24) is 4.57 Å². The summed E-state index contributed by atoms with van der Waals surface area (Å²) >= 11 is 0. The summed E-state index contributed by atoms with van der Waals surface area (Å²) < 4.78 is 1.86. The van der Waals surface area contributed by atoms with Crippen LogP contribution in [-0.2, 0) is 11.3 Å². The first-order chi connectivity index (χ1) is 9.95. The number of carbonyl (C=O) groups is 1. The van der Waals surface area contributed by atoms with Crippen LogP contribution >= 0.6 is 0 Å². The topological polar surface area (TPSA) is 60.0 Å². The molecule has 1 heterocycles. The van der Waals surface area contributed by atoms with Crippen molar-refractivity contribution in [2.24, 2.45) is 11.7 Å². The molecule has 0 bridgehead atoms. The van der Waals surface area contributed by atoms with Gasteiger partial charge in [0, 0.05) is 24.1 Å². The van der Waals surface area contributed by atoms with Gasteiger partial charge in [0.2, 0.25) is 5.91 Å². The highest BCUT2D eigenvalue weighted by Crippen LogP contribution is 2.19. The fraction of sp³-hybridized carbons (Fsp3) is 0.353. The first-order valence-electron chi connectivity index (χ1n) is 7.23. The first kappa shape index (κ1) is 15.3. The van der Waals surface area contributed by atoms with E-state index >= 15 is 0 Å². The fourth-order valence-electron chi connectivity index (χ4n) is 2.23. The van der Waals surface area contributed by atoms with E-state index in [2.05, 4.69) is 19.2 Å². The van der Waals surface area contributed by atoms with Crippen LogP contribution in [0.3, 0.4) is 0 Å². The molecular formula is C17H23N3O. The summed E-state index contributed by atoms with van der Waals surface area (Å²) in [5.74, 6) is 0.336. The zero-order chi connectivity index (χ0) is 15.4. The smallest absolute Gasteiger partial charge is 0.244 e. The van der Waals surface area contributed by atoms with E-state index in [9.17, 15) is 4.79 Å². The summed E-state index contributed by atoms with van der Waals surface area (Å²) in [6, 6.07) is 9.76. The van der Waals surface area contributed by atoms with E-state index < -0.39 is 0 Å². The lowest BCUT2D eigenvalue weighted by Gasteiger charge is -2.13. The molecule has 0 saturated carbocycles. The van der Waals surface area contributed by atoms with Crippen molar-refractivity contribution >= 4 is 11.6 Å². The molecule has 0 aliphatic heterocycles. The van der Waals surface area contributed by atoms with E-state index in [1.807, 2.05) is 54.2 Å². The number of nitrogens with two attached hydrogens (primary N) is 1. The normalized spacial score (nSPS) is 12.4. The molecule has 1 aromatic heterocycles. The zero-order valence-electron chi connectivity index (χ0n) is 12.8. The van der Waals surface area contributed by atoms with Gasteiger partial charge in [0.25, 0.3) is 0 Å². The van der Waals surface area contributed by atoms with Gasteiger partial charge < -0.3 is 15.6 Å². The lowest BCUT2D eigenvalue weighted by Crippen LogP contribution is -2.18. The number of nitrogens with one attached hydrogen (secondary N) is 1. The van der Waals surface area contributed by atoms with Crippen molar-refractivity contribution in [2.75, 3.05) is 5.32 Å². The standard InChI is InChI=1S/C17H23N3O/c1-12(2)17(18)14-7-8-20(10-14)11-16(21)19-15-6-4-5-13(3)9-15/h4-10,12,17H,11,18H2,1-3H3,(H,19,21). The molecule has 1 aromatic carbocycles. The van der Waals surface area contributed by atoms with Gasteiger partial charge >= 0.3 is 0 Å². The molecule has 2 aromatic rings. The fourth-order valence-corrected chi connectivity index (χ4v) is 2.23. The number of aryl methyl sites for hydroxylation is 1. The minimum Gasteiger partial charge on any atom is -0.345 e. The Kier molecular flexibility index (Phi) is 4.81. The SMILES string of the molecule is Cc1cccc(NC(=O)Cn2ccc(C(N)C(C)C)c2)c1. The molecule has 4 heteroatoms. The van der Waals surface area contributed by atoms with Gasteiger partial charge in [0.15, 0.2) is 0 Å². The summed E-state index contributed by atoms with van der Waals surface area (Å²) in [7, 11) is 0. The van der Waals surface area contributed by atoms with Crippen LogP contribution in [0, 0.1) is 12.8 Å². The minimum absolute atomic E-state index is 0.00563. The van der Waals surface area contributed by atoms with Crippen molar-refractivity contribution in [3.8, 4) is 0 Å². The molecule has 2 rings (SSSR count). The second-order valence-corrected chi connectivity index (χ2v) is 5.80. The van der Waals surface area contributed by atoms with Crippen LogP contribution in [0.4, 0.5) is 5.69 Å². The van der Waals surface area contributed by atoms with Gasteiger partial charge in [-0.15, -0.1) is 0 Å². The van der Waals surface area contributed by atoms with Crippen molar-refractivity contribution in [3.05, 3.63) is 53.9 Å². The number of hydrogen-bond donors (Lipinski definition) is 2. The lowest BCUT2D eigenvalue weighted by atomic mass is 10.00. The average Bonchev–Trinajstić information content (AvgIpc) is 2.85. The number of aromatic nitrogens is 1. The molecule has 0 spiro atoms. The molecule has 4 nitrogen and oxygen atoms in total. The third-order valence-corrected chi connectivity index (χ3v) is 3.50. The van der Waals surface area contributed by atoms with Gasteiger partial charge in [0.1, 0.15) is 6.54 Å². The van der Waals surface area contributed by atoms with E-state index in [1.165, 1.54) is 0 Å². The number of rotatable bonds is 5. The Labute approximate surface area is 126 Å². The minimum atomic E-state index is -0.0409. The predicted octanol–water partition coefficient (Wildman–Crippen LogP) is 3.09. The Balaban J connectivity index is 1.97. The number of nitrogens with zero attached hydrogens (tertiary/aromatic N) is 1.